The van der Waals surface area contributed by atoms with Gasteiger partial charge in [-0.2, -0.15) is 10.2 Å². The van der Waals surface area contributed by atoms with E-state index in [-0.39, 0.29) is 5.41 Å². The van der Waals surface area contributed by atoms with Crippen molar-refractivity contribution in [3.63, 3.8) is 0 Å². The Morgan fingerprint density at radius 2 is 1.51 bits per heavy atom. The second kappa shape index (κ2) is 9.88. The van der Waals surface area contributed by atoms with Gasteiger partial charge in [0.2, 0.25) is 0 Å². The zero-order valence-electron chi connectivity index (χ0n) is 20.8. The molecule has 1 unspecified atom stereocenters. The van der Waals surface area contributed by atoms with E-state index in [9.17, 15) is 5.11 Å². The molecule has 0 saturated heterocycles. The van der Waals surface area contributed by atoms with Gasteiger partial charge in [0.25, 0.3) is 0 Å². The molecule has 1 aromatic carbocycles. The van der Waals surface area contributed by atoms with Crippen LogP contribution in [-0.2, 0) is 17.6 Å². The van der Waals surface area contributed by atoms with Gasteiger partial charge < -0.3 is 9.84 Å². The van der Waals surface area contributed by atoms with Crippen molar-refractivity contribution >= 4 is 0 Å². The summed E-state index contributed by atoms with van der Waals surface area (Å²) in [4.78, 5) is 13.1. The van der Waals surface area contributed by atoms with Crippen molar-refractivity contribution in [3.05, 3.63) is 96.0 Å². The molecule has 1 atom stereocenters. The number of aromatic nitrogens is 5. The number of rotatable bonds is 8. The molecule has 0 amide bonds. The van der Waals surface area contributed by atoms with E-state index in [1.165, 1.54) is 0 Å². The van der Waals surface area contributed by atoms with Crippen LogP contribution in [0, 0.1) is 5.92 Å². The molecule has 7 heteroatoms. The summed E-state index contributed by atoms with van der Waals surface area (Å²) in [6.07, 6.45) is 5.15. The van der Waals surface area contributed by atoms with Crippen LogP contribution >= 0.6 is 0 Å². The summed E-state index contributed by atoms with van der Waals surface area (Å²) >= 11 is 0. The number of hydrogen-bond acceptors (Lipinski definition) is 7. The minimum Gasteiger partial charge on any atom is -0.484 e. The van der Waals surface area contributed by atoms with Crippen LogP contribution in [0.15, 0.2) is 73.2 Å². The summed E-state index contributed by atoms with van der Waals surface area (Å²) in [5, 5.41) is 18.6. The van der Waals surface area contributed by atoms with Crippen LogP contribution in [-0.4, -0.2) is 30.3 Å². The summed E-state index contributed by atoms with van der Waals surface area (Å²) < 4.78 is 5.80. The van der Waals surface area contributed by atoms with Crippen molar-refractivity contribution in [2.45, 2.75) is 52.2 Å². The Bertz CT molecular complexity index is 1240. The maximum absolute atomic E-state index is 10.1. The standard InChI is InChI=1S/C28H31N5O2/c1-19(2)28(5,25-13-11-22(17-31-25)35-18-26-29-15-6-16-30-26)21-9-7-20(8-10-21)23-12-14-24(33-32-23)27(3,4)34/h6-17,19,34H,18H2,1-5H3. The van der Waals surface area contributed by atoms with Crippen molar-refractivity contribution in [2.75, 3.05) is 0 Å². The summed E-state index contributed by atoms with van der Waals surface area (Å²) in [6, 6.07) is 17.8. The molecular formula is C28H31N5O2. The summed E-state index contributed by atoms with van der Waals surface area (Å²) in [5.74, 6) is 1.61. The topological polar surface area (TPSA) is 93.9 Å². The largest absolute Gasteiger partial charge is 0.484 e. The molecule has 0 aliphatic heterocycles. The molecule has 0 fully saturated rings. The van der Waals surface area contributed by atoms with Crippen molar-refractivity contribution in [1.29, 1.82) is 0 Å². The highest BCUT2D eigenvalue weighted by Crippen LogP contribution is 2.39. The van der Waals surface area contributed by atoms with E-state index in [1.54, 1.807) is 38.5 Å². The van der Waals surface area contributed by atoms with Crippen LogP contribution in [0.5, 0.6) is 5.75 Å². The minimum absolute atomic E-state index is 0.296. The van der Waals surface area contributed by atoms with E-state index in [0.717, 1.165) is 22.5 Å². The molecule has 4 rings (SSSR count). The quantitative estimate of drug-likeness (QED) is 0.384. The van der Waals surface area contributed by atoms with E-state index in [0.29, 0.717) is 29.8 Å². The van der Waals surface area contributed by atoms with Gasteiger partial charge in [-0.05, 0) is 62.6 Å². The zero-order chi connectivity index (χ0) is 25.1. The smallest absolute Gasteiger partial charge is 0.166 e. The normalized spacial score (nSPS) is 13.5. The fourth-order valence-corrected chi connectivity index (χ4v) is 3.90. The first-order chi connectivity index (χ1) is 16.7. The lowest BCUT2D eigenvalue weighted by Crippen LogP contribution is -2.31. The molecule has 3 aromatic heterocycles. The van der Waals surface area contributed by atoms with Gasteiger partial charge in [0.15, 0.2) is 5.82 Å². The van der Waals surface area contributed by atoms with Crippen LogP contribution < -0.4 is 4.74 Å². The minimum atomic E-state index is -1.02. The van der Waals surface area contributed by atoms with Crippen LogP contribution in [0.3, 0.4) is 0 Å². The molecule has 1 N–H and O–H groups in total. The molecule has 4 aromatic rings. The van der Waals surface area contributed by atoms with E-state index < -0.39 is 5.60 Å². The third-order valence-electron chi connectivity index (χ3n) is 6.48. The Balaban J connectivity index is 1.54. The Morgan fingerprint density at radius 1 is 0.829 bits per heavy atom. The number of pyridine rings is 1. The number of ether oxygens (including phenoxy) is 1. The average Bonchev–Trinajstić information content (AvgIpc) is 2.87. The van der Waals surface area contributed by atoms with Crippen molar-refractivity contribution < 1.29 is 9.84 Å². The zero-order valence-corrected chi connectivity index (χ0v) is 20.8. The van der Waals surface area contributed by atoms with Gasteiger partial charge >= 0.3 is 0 Å². The van der Waals surface area contributed by atoms with E-state index >= 15 is 0 Å². The van der Waals surface area contributed by atoms with Gasteiger partial charge in [0.05, 0.1) is 23.3 Å². The molecule has 0 saturated carbocycles. The molecule has 35 heavy (non-hydrogen) atoms. The van der Waals surface area contributed by atoms with Crippen LogP contribution in [0.4, 0.5) is 0 Å². The van der Waals surface area contributed by atoms with Crippen molar-refractivity contribution in [2.24, 2.45) is 5.92 Å². The Hall–Kier alpha value is -3.71. The Morgan fingerprint density at radius 3 is 2.06 bits per heavy atom. The Kier molecular flexibility index (Phi) is 6.89. The highest BCUT2D eigenvalue weighted by molar-refractivity contribution is 5.59. The predicted molar refractivity (Wildman–Crippen MR) is 135 cm³/mol. The number of nitrogens with zero attached hydrogens (tertiary/aromatic N) is 5. The highest BCUT2D eigenvalue weighted by Gasteiger charge is 2.34. The second-order valence-corrected chi connectivity index (χ2v) is 9.63. The molecule has 0 bridgehead atoms. The predicted octanol–water partition coefficient (Wildman–Crippen LogP) is 5.10. The average molecular weight is 470 g/mol. The van der Waals surface area contributed by atoms with Crippen LogP contribution in [0.1, 0.15) is 57.4 Å². The lowest BCUT2D eigenvalue weighted by molar-refractivity contribution is 0.0729. The lowest BCUT2D eigenvalue weighted by Gasteiger charge is -2.34. The summed E-state index contributed by atoms with van der Waals surface area (Å²) in [6.45, 7) is 10.3. The third-order valence-corrected chi connectivity index (χ3v) is 6.48. The Labute approximate surface area is 206 Å². The molecule has 0 spiro atoms. The highest BCUT2D eigenvalue weighted by atomic mass is 16.5. The van der Waals surface area contributed by atoms with E-state index in [2.05, 4.69) is 65.2 Å². The third kappa shape index (κ3) is 5.35. The fourth-order valence-electron chi connectivity index (χ4n) is 3.90. The molecule has 0 aliphatic carbocycles. The van der Waals surface area contributed by atoms with Gasteiger partial charge in [-0.25, -0.2) is 9.97 Å². The SMILES string of the molecule is CC(C)C(C)(c1ccc(-c2ccc(C(C)(C)O)nn2)cc1)c1ccc(OCc2ncccn2)cn1. The molecule has 7 nitrogen and oxygen atoms in total. The number of aliphatic hydroxyl groups is 1. The van der Waals surface area contributed by atoms with Crippen molar-refractivity contribution in [3.8, 4) is 17.0 Å². The molecule has 3 heterocycles. The molecular weight excluding hydrogens is 438 g/mol. The van der Waals surface area contributed by atoms with Gasteiger partial charge in [-0.1, -0.05) is 38.1 Å². The summed E-state index contributed by atoms with van der Waals surface area (Å²) in [5.41, 5.74) is 3.09. The van der Waals surface area contributed by atoms with E-state index in [4.69, 9.17) is 9.72 Å². The monoisotopic (exact) mass is 469 g/mol. The number of benzene rings is 1. The van der Waals surface area contributed by atoms with Crippen molar-refractivity contribution in [1.82, 2.24) is 25.1 Å². The first-order valence-corrected chi connectivity index (χ1v) is 11.7. The van der Waals surface area contributed by atoms with Gasteiger partial charge in [0, 0.05) is 23.4 Å². The molecule has 0 radical (unpaired) electrons. The lowest BCUT2D eigenvalue weighted by atomic mass is 9.70. The maximum atomic E-state index is 10.1. The fraction of sp³-hybridized carbons (Fsp3) is 0.321. The molecule has 0 aliphatic rings. The summed E-state index contributed by atoms with van der Waals surface area (Å²) in [7, 11) is 0. The van der Waals surface area contributed by atoms with Gasteiger partial charge in [-0.3, -0.25) is 4.98 Å². The second-order valence-electron chi connectivity index (χ2n) is 9.63. The first kappa shape index (κ1) is 24.4. The first-order valence-electron chi connectivity index (χ1n) is 11.7. The van der Waals surface area contributed by atoms with Crippen LogP contribution in [0.2, 0.25) is 0 Å². The van der Waals surface area contributed by atoms with Gasteiger partial charge in [0.1, 0.15) is 18.0 Å². The van der Waals surface area contributed by atoms with Gasteiger partial charge in [-0.15, -0.1) is 0 Å². The maximum Gasteiger partial charge on any atom is 0.166 e. The molecule has 180 valence electrons. The number of hydrogen-bond donors (Lipinski definition) is 1. The van der Waals surface area contributed by atoms with Crippen LogP contribution in [0.25, 0.3) is 11.3 Å². The van der Waals surface area contributed by atoms with E-state index in [1.807, 2.05) is 24.3 Å².